The van der Waals surface area contributed by atoms with E-state index < -0.39 is 0 Å². The Labute approximate surface area is 224 Å². The monoisotopic (exact) mass is 532 g/mol. The summed E-state index contributed by atoms with van der Waals surface area (Å²) in [5.74, 6) is 0.466. The molecule has 0 aliphatic rings. The minimum absolute atomic E-state index is 0.234. The zero-order chi connectivity index (χ0) is 27.3. The summed E-state index contributed by atoms with van der Waals surface area (Å²) < 4.78 is 4.29. The van der Waals surface area contributed by atoms with E-state index in [1.54, 1.807) is 37.6 Å². The molecular formula is C27H34Cl2N4O3. The summed E-state index contributed by atoms with van der Waals surface area (Å²) in [4.78, 5) is 30.8. The van der Waals surface area contributed by atoms with E-state index in [1.165, 1.54) is 12.7 Å². The van der Waals surface area contributed by atoms with Crippen LogP contribution < -0.4 is 10.2 Å². The SMILES string of the molecule is C/C=C/c1ccc(N(C)c2ncccn2)cc1.CC.CNCC(=O)OC.O=Cc1c(Cl)cccc1Cl. The number of methoxy groups -OCH3 is 1. The normalized spacial score (nSPS) is 9.44. The Morgan fingerprint density at radius 2 is 1.58 bits per heavy atom. The molecule has 0 saturated carbocycles. The first-order valence-corrected chi connectivity index (χ1v) is 12.0. The number of carbonyl (C=O) groups is 2. The van der Waals surface area contributed by atoms with Gasteiger partial charge in [0.2, 0.25) is 5.95 Å². The molecule has 0 amide bonds. The van der Waals surface area contributed by atoms with Gasteiger partial charge >= 0.3 is 5.97 Å². The summed E-state index contributed by atoms with van der Waals surface area (Å²) in [6.45, 7) is 6.30. The Bertz CT molecular complexity index is 1030. The third kappa shape index (κ3) is 12.4. The van der Waals surface area contributed by atoms with E-state index >= 15 is 0 Å². The van der Waals surface area contributed by atoms with E-state index in [4.69, 9.17) is 23.2 Å². The lowest BCUT2D eigenvalue weighted by Crippen LogP contribution is -2.19. The van der Waals surface area contributed by atoms with Crippen molar-refractivity contribution in [3.8, 4) is 0 Å². The van der Waals surface area contributed by atoms with Crippen molar-refractivity contribution < 1.29 is 14.3 Å². The predicted molar refractivity (Wildman–Crippen MR) is 150 cm³/mol. The molecule has 3 aromatic rings. The van der Waals surface area contributed by atoms with Crippen LogP contribution in [-0.2, 0) is 9.53 Å². The second kappa shape index (κ2) is 20.0. The third-order valence-electron chi connectivity index (χ3n) is 4.16. The van der Waals surface area contributed by atoms with Gasteiger partial charge in [-0.15, -0.1) is 0 Å². The molecule has 1 heterocycles. The molecule has 2 aromatic carbocycles. The molecule has 0 radical (unpaired) electrons. The molecule has 0 fully saturated rings. The molecule has 0 saturated heterocycles. The van der Waals surface area contributed by atoms with Crippen molar-refractivity contribution in [3.05, 3.63) is 88.2 Å². The second-order valence-electron chi connectivity index (χ2n) is 6.56. The predicted octanol–water partition coefficient (Wildman–Crippen LogP) is 6.49. The van der Waals surface area contributed by atoms with Crippen molar-refractivity contribution in [1.29, 1.82) is 0 Å². The summed E-state index contributed by atoms with van der Waals surface area (Å²) in [5.41, 5.74) is 2.62. The van der Waals surface area contributed by atoms with E-state index in [0.717, 1.165) is 5.69 Å². The van der Waals surface area contributed by atoms with Crippen LogP contribution in [0.5, 0.6) is 0 Å². The Balaban J connectivity index is 0.000000549. The van der Waals surface area contributed by atoms with Crippen molar-refractivity contribution >= 4 is 53.2 Å². The highest BCUT2D eigenvalue weighted by atomic mass is 35.5. The summed E-state index contributed by atoms with van der Waals surface area (Å²) in [6, 6.07) is 15.0. The van der Waals surface area contributed by atoms with Crippen molar-refractivity contribution in [1.82, 2.24) is 15.3 Å². The molecule has 0 bridgehead atoms. The van der Waals surface area contributed by atoms with Crippen LogP contribution in [-0.4, -0.2) is 50.0 Å². The highest BCUT2D eigenvalue weighted by Crippen LogP contribution is 2.22. The van der Waals surface area contributed by atoms with Crippen LogP contribution in [0.1, 0.15) is 36.7 Å². The van der Waals surface area contributed by atoms with Gasteiger partial charge in [-0.2, -0.15) is 0 Å². The Kier molecular flexibility index (Phi) is 18.2. The number of nitrogens with zero attached hydrogens (tertiary/aromatic N) is 3. The van der Waals surface area contributed by atoms with Crippen LogP contribution in [0.2, 0.25) is 10.0 Å². The molecule has 36 heavy (non-hydrogen) atoms. The number of aromatic nitrogens is 2. The standard InChI is InChI=1S/C14H15N3.C7H4Cl2O.C4H9NO2.C2H6/c1-3-5-12-6-8-13(9-7-12)17(2)14-15-10-4-11-16-14;8-6-2-1-3-7(9)5(6)4-10;1-5-3-4(6)7-2;1-2/h3-11H,1-2H3;1-4H;5H,3H2,1-2H3;1-2H3/b5-3+;;;. The van der Waals surface area contributed by atoms with Crippen molar-refractivity contribution in [2.24, 2.45) is 0 Å². The fourth-order valence-electron chi connectivity index (χ4n) is 2.42. The quantitative estimate of drug-likeness (QED) is 0.286. The summed E-state index contributed by atoms with van der Waals surface area (Å²) in [5, 5.41) is 3.43. The van der Waals surface area contributed by atoms with E-state index in [-0.39, 0.29) is 12.5 Å². The van der Waals surface area contributed by atoms with Crippen molar-refractivity contribution in [2.75, 3.05) is 32.6 Å². The van der Waals surface area contributed by atoms with Gasteiger partial charge in [-0.05, 0) is 49.9 Å². The van der Waals surface area contributed by atoms with E-state index in [9.17, 15) is 9.59 Å². The average Bonchev–Trinajstić information content (AvgIpc) is 2.91. The second-order valence-corrected chi connectivity index (χ2v) is 7.37. The number of rotatable bonds is 6. The maximum atomic E-state index is 10.3. The Hall–Kier alpha value is -3.26. The first-order valence-electron chi connectivity index (χ1n) is 11.2. The largest absolute Gasteiger partial charge is 0.468 e. The average molecular weight is 534 g/mol. The van der Waals surface area contributed by atoms with Gasteiger partial charge in [-0.3, -0.25) is 9.59 Å². The molecule has 0 aliphatic carbocycles. The van der Waals surface area contributed by atoms with Crippen molar-refractivity contribution in [2.45, 2.75) is 20.8 Å². The minimum Gasteiger partial charge on any atom is -0.468 e. The lowest BCUT2D eigenvalue weighted by Gasteiger charge is -2.16. The Morgan fingerprint density at radius 3 is 1.97 bits per heavy atom. The molecular weight excluding hydrogens is 499 g/mol. The highest BCUT2D eigenvalue weighted by Gasteiger charge is 2.05. The number of anilines is 2. The summed E-state index contributed by atoms with van der Waals surface area (Å²) in [6.07, 6.45) is 8.23. The smallest absolute Gasteiger partial charge is 0.319 e. The summed E-state index contributed by atoms with van der Waals surface area (Å²) in [7, 11) is 5.01. The molecule has 0 atom stereocenters. The van der Waals surface area contributed by atoms with Crippen LogP contribution in [0.3, 0.4) is 0 Å². The lowest BCUT2D eigenvalue weighted by molar-refractivity contribution is -0.139. The number of halogens is 2. The number of esters is 1. The van der Waals surface area contributed by atoms with Crippen LogP contribution >= 0.6 is 23.2 Å². The third-order valence-corrected chi connectivity index (χ3v) is 4.82. The van der Waals surface area contributed by atoms with Gasteiger partial charge in [0.15, 0.2) is 6.29 Å². The molecule has 9 heteroatoms. The van der Waals surface area contributed by atoms with Crippen molar-refractivity contribution in [3.63, 3.8) is 0 Å². The topological polar surface area (TPSA) is 84.4 Å². The number of benzene rings is 2. The number of allylic oxidation sites excluding steroid dienone is 1. The van der Waals surface area contributed by atoms with E-state index in [2.05, 4.69) is 50.4 Å². The highest BCUT2D eigenvalue weighted by molar-refractivity contribution is 6.38. The number of likely N-dealkylation sites (N-methyl/N-ethyl adjacent to an activating group) is 1. The fourth-order valence-corrected chi connectivity index (χ4v) is 2.91. The van der Waals surface area contributed by atoms with Gasteiger partial charge in [-0.25, -0.2) is 9.97 Å². The molecule has 0 unspecified atom stereocenters. The first kappa shape index (κ1) is 32.7. The molecule has 194 valence electrons. The molecule has 0 aliphatic heterocycles. The van der Waals surface area contributed by atoms with Crippen LogP contribution in [0.25, 0.3) is 6.08 Å². The number of nitrogens with one attached hydrogen (secondary N) is 1. The first-order chi connectivity index (χ1) is 17.4. The maximum absolute atomic E-state index is 10.3. The number of hydrogen-bond donors (Lipinski definition) is 1. The number of hydrogen-bond acceptors (Lipinski definition) is 7. The zero-order valence-corrected chi connectivity index (χ0v) is 23.0. The number of aldehydes is 1. The van der Waals surface area contributed by atoms with Gasteiger partial charge in [0, 0.05) is 25.1 Å². The van der Waals surface area contributed by atoms with E-state index in [0.29, 0.717) is 27.8 Å². The molecule has 0 spiro atoms. The minimum atomic E-state index is -0.234. The number of carbonyl (C=O) groups excluding carboxylic acids is 2. The fraction of sp³-hybridized carbons (Fsp3) is 0.259. The van der Waals surface area contributed by atoms with Crippen LogP contribution in [0, 0.1) is 0 Å². The van der Waals surface area contributed by atoms with Crippen LogP contribution in [0.4, 0.5) is 11.6 Å². The van der Waals surface area contributed by atoms with E-state index in [1.807, 2.05) is 44.9 Å². The summed E-state index contributed by atoms with van der Waals surface area (Å²) >= 11 is 11.2. The van der Waals surface area contributed by atoms with Gasteiger partial charge in [0.1, 0.15) is 0 Å². The van der Waals surface area contributed by atoms with Crippen LogP contribution in [0.15, 0.2) is 67.0 Å². The Morgan fingerprint density at radius 1 is 1.03 bits per heavy atom. The molecule has 7 nitrogen and oxygen atoms in total. The maximum Gasteiger partial charge on any atom is 0.319 e. The lowest BCUT2D eigenvalue weighted by atomic mass is 10.2. The van der Waals surface area contributed by atoms with Gasteiger partial charge in [0.05, 0.1) is 29.3 Å². The molecule has 1 N–H and O–H groups in total. The van der Waals surface area contributed by atoms with Gasteiger partial charge < -0.3 is 15.0 Å². The molecule has 3 rings (SSSR count). The van der Waals surface area contributed by atoms with Gasteiger partial charge in [0.25, 0.3) is 0 Å². The van der Waals surface area contributed by atoms with Gasteiger partial charge in [-0.1, -0.05) is 67.4 Å². The zero-order valence-electron chi connectivity index (χ0n) is 21.5. The number of ether oxygens (including phenoxy) is 1. The molecule has 1 aromatic heterocycles.